The second kappa shape index (κ2) is 13.5. The molecule has 1 spiro atoms. The van der Waals surface area contributed by atoms with E-state index in [1.165, 1.54) is 11.1 Å². The highest BCUT2D eigenvalue weighted by Gasteiger charge is 2.44. The largest absolute Gasteiger partial charge is 0.490 e. The van der Waals surface area contributed by atoms with Crippen molar-refractivity contribution in [1.82, 2.24) is 14.9 Å². The predicted octanol–water partition coefficient (Wildman–Crippen LogP) is 6.61. The molecule has 256 valence electrons. The van der Waals surface area contributed by atoms with Gasteiger partial charge in [0.25, 0.3) is 5.91 Å². The summed E-state index contributed by atoms with van der Waals surface area (Å²) >= 11 is 6.46. The van der Waals surface area contributed by atoms with Crippen molar-refractivity contribution in [1.29, 1.82) is 0 Å². The summed E-state index contributed by atoms with van der Waals surface area (Å²) in [6, 6.07) is 11.9. The first kappa shape index (κ1) is 33.2. The molecule has 6 atom stereocenters. The number of benzene rings is 2. The first-order valence-corrected chi connectivity index (χ1v) is 19.4. The molecule has 0 saturated heterocycles. The van der Waals surface area contributed by atoms with E-state index in [0.717, 1.165) is 61.7 Å². The van der Waals surface area contributed by atoms with E-state index in [1.54, 1.807) is 13.0 Å². The molecule has 1 aromatic heterocycles. The Morgan fingerprint density at radius 3 is 2.83 bits per heavy atom. The van der Waals surface area contributed by atoms with Gasteiger partial charge >= 0.3 is 0 Å². The van der Waals surface area contributed by atoms with Gasteiger partial charge in [0, 0.05) is 41.3 Å². The Bertz CT molecular complexity index is 1810. The number of aryl methyl sites for hydroxylation is 2. The number of nitrogens with one attached hydrogen (secondary N) is 1. The molecule has 1 amide bonds. The van der Waals surface area contributed by atoms with Gasteiger partial charge in [-0.2, -0.15) is 0 Å². The Kier molecular flexibility index (Phi) is 9.34. The summed E-state index contributed by atoms with van der Waals surface area (Å²) in [6.45, 7) is 6.07. The molecule has 9 nitrogen and oxygen atoms in total. The molecular formula is C37H45ClN4O5S. The normalized spacial score (nSPS) is 31.1. The number of amides is 1. The topological polar surface area (TPSA) is 107 Å². The second-order valence-electron chi connectivity index (χ2n) is 14.0. The van der Waals surface area contributed by atoms with E-state index in [4.69, 9.17) is 25.5 Å². The lowest BCUT2D eigenvalue weighted by atomic mass is 9.68. The van der Waals surface area contributed by atoms with Gasteiger partial charge in [-0.25, -0.2) is 4.21 Å². The fourth-order valence-electron chi connectivity index (χ4n) is 8.15. The fraction of sp³-hybridized carbons (Fsp3) is 0.514. The van der Waals surface area contributed by atoms with Crippen LogP contribution in [0, 0.1) is 18.8 Å². The van der Waals surface area contributed by atoms with Crippen LogP contribution >= 0.6 is 11.6 Å². The van der Waals surface area contributed by atoms with Crippen LogP contribution in [0.4, 0.5) is 5.69 Å². The van der Waals surface area contributed by atoms with Crippen molar-refractivity contribution in [3.8, 4) is 5.75 Å². The number of allylic oxidation sites excluding steroid dienone is 1. The second-order valence-corrected chi connectivity index (χ2v) is 16.7. The fourth-order valence-corrected chi connectivity index (χ4v) is 10.0. The number of halogens is 1. The Morgan fingerprint density at radius 1 is 1.19 bits per heavy atom. The van der Waals surface area contributed by atoms with E-state index in [9.17, 15) is 9.00 Å². The lowest BCUT2D eigenvalue weighted by molar-refractivity contribution is -0.0295. The van der Waals surface area contributed by atoms with Crippen molar-refractivity contribution in [3.63, 3.8) is 0 Å². The van der Waals surface area contributed by atoms with Gasteiger partial charge in [-0.3, -0.25) is 9.52 Å². The lowest BCUT2D eigenvalue weighted by Crippen LogP contribution is -2.49. The van der Waals surface area contributed by atoms with E-state index in [2.05, 4.69) is 50.0 Å². The Balaban J connectivity index is 1.27. The molecule has 1 N–H and O–H groups in total. The average Bonchev–Trinajstić information content (AvgIpc) is 3.40. The summed E-state index contributed by atoms with van der Waals surface area (Å²) in [7, 11) is -2.91. The zero-order valence-corrected chi connectivity index (χ0v) is 29.4. The molecule has 11 heteroatoms. The minimum Gasteiger partial charge on any atom is -0.490 e. The van der Waals surface area contributed by atoms with E-state index < -0.39 is 9.71 Å². The van der Waals surface area contributed by atoms with Gasteiger partial charge in [0.2, 0.25) is 11.8 Å². The summed E-state index contributed by atoms with van der Waals surface area (Å²) in [5.41, 5.74) is 3.68. The molecule has 2 aromatic carbocycles. The predicted molar refractivity (Wildman–Crippen MR) is 189 cm³/mol. The quantitative estimate of drug-likeness (QED) is 0.241. The van der Waals surface area contributed by atoms with Gasteiger partial charge in [-0.05, 0) is 111 Å². The standard InChI is InChI=1S/C37H45ClN4O5S/c1-4-29-9-5-6-10-33(45-21-35-40-39-24(2)47-35)30-14-11-27(30)20-42-22-37(17-7-8-25-18-28(38)13-15-31(25)37)23-46-34-16-12-26(19-32(34)42)36(43)41-48(29,3)44/h6,10,12-13,15-16,18-19,27,29-30,33H,3-5,7-9,11,14,17,20-23H2,1-2H3,(H,41,43,44)/b10-6+/t27-,29+,30+,33-,37-,48?/m0/s1. The molecule has 7 rings (SSSR count). The van der Waals surface area contributed by atoms with Crippen molar-refractivity contribution >= 4 is 38.8 Å². The third-order valence-electron chi connectivity index (χ3n) is 10.9. The molecule has 2 bridgehead atoms. The number of fused-ring (bicyclic) bond motifs is 4. The molecule has 1 unspecified atom stereocenters. The number of hydrogen-bond acceptors (Lipinski definition) is 8. The van der Waals surface area contributed by atoms with Crippen LogP contribution in [0.5, 0.6) is 5.75 Å². The Morgan fingerprint density at radius 2 is 2.06 bits per heavy atom. The number of aromatic nitrogens is 2. The molecule has 1 saturated carbocycles. The van der Waals surface area contributed by atoms with E-state index in [-0.39, 0.29) is 35.2 Å². The lowest BCUT2D eigenvalue weighted by Gasteiger charge is -2.46. The van der Waals surface area contributed by atoms with Gasteiger partial charge in [0.1, 0.15) is 12.4 Å². The number of rotatable bonds is 4. The van der Waals surface area contributed by atoms with Crippen molar-refractivity contribution in [2.75, 3.05) is 24.6 Å². The van der Waals surface area contributed by atoms with Crippen LogP contribution in [0.2, 0.25) is 5.02 Å². The van der Waals surface area contributed by atoms with Crippen molar-refractivity contribution in [2.24, 2.45) is 11.8 Å². The molecule has 0 radical (unpaired) electrons. The summed E-state index contributed by atoms with van der Waals surface area (Å²) in [5.74, 6) is 6.02. The van der Waals surface area contributed by atoms with Crippen LogP contribution in [0.25, 0.3) is 0 Å². The van der Waals surface area contributed by atoms with Crippen LogP contribution in [-0.4, -0.2) is 57.2 Å². The smallest absolute Gasteiger partial charge is 0.262 e. The maximum absolute atomic E-state index is 13.9. The summed E-state index contributed by atoms with van der Waals surface area (Å²) in [5, 5.41) is 8.61. The molecule has 3 aromatic rings. The molecule has 48 heavy (non-hydrogen) atoms. The van der Waals surface area contributed by atoms with Gasteiger partial charge < -0.3 is 18.8 Å². The minimum absolute atomic E-state index is 0.145. The number of carbonyl (C=O) groups excluding carboxylic acids is 1. The molecule has 3 heterocycles. The van der Waals surface area contributed by atoms with Gasteiger partial charge in [0.15, 0.2) is 0 Å². The molecule has 2 aliphatic heterocycles. The van der Waals surface area contributed by atoms with Gasteiger partial charge in [-0.15, -0.1) is 10.2 Å². The number of carbonyl (C=O) groups is 1. The molecule has 1 fully saturated rings. The van der Waals surface area contributed by atoms with E-state index in [0.29, 0.717) is 49.1 Å². The summed E-state index contributed by atoms with van der Waals surface area (Å²) in [6.07, 6.45) is 11.3. The monoisotopic (exact) mass is 692 g/mol. The summed E-state index contributed by atoms with van der Waals surface area (Å²) < 4.78 is 35.5. The number of hydrogen-bond donors (Lipinski definition) is 1. The van der Waals surface area contributed by atoms with Crippen molar-refractivity contribution < 1.29 is 22.9 Å². The molecule has 2 aliphatic carbocycles. The molecular weight excluding hydrogens is 648 g/mol. The van der Waals surface area contributed by atoms with E-state index >= 15 is 0 Å². The highest BCUT2D eigenvalue weighted by atomic mass is 35.5. The third-order valence-corrected chi connectivity index (χ3v) is 13.3. The molecule has 4 aliphatic rings. The maximum atomic E-state index is 13.9. The summed E-state index contributed by atoms with van der Waals surface area (Å²) in [4.78, 5) is 16.1. The zero-order chi connectivity index (χ0) is 33.5. The van der Waals surface area contributed by atoms with Gasteiger partial charge in [-0.1, -0.05) is 36.7 Å². The van der Waals surface area contributed by atoms with Crippen LogP contribution < -0.4 is 14.4 Å². The maximum Gasteiger partial charge on any atom is 0.262 e. The Labute approximate surface area is 288 Å². The third kappa shape index (κ3) is 6.63. The number of ether oxygens (including phenoxy) is 2. The van der Waals surface area contributed by atoms with E-state index in [1.807, 2.05) is 25.1 Å². The number of anilines is 1. The minimum atomic E-state index is -2.91. The average molecular weight is 693 g/mol. The Hall–Kier alpha value is -3.34. The van der Waals surface area contributed by atoms with Crippen LogP contribution in [0.1, 0.15) is 85.1 Å². The first-order valence-electron chi connectivity index (χ1n) is 17.2. The van der Waals surface area contributed by atoms with Crippen molar-refractivity contribution in [3.05, 3.63) is 82.0 Å². The van der Waals surface area contributed by atoms with Crippen LogP contribution in [-0.2, 0) is 32.9 Å². The zero-order valence-electron chi connectivity index (χ0n) is 27.8. The van der Waals surface area contributed by atoms with Crippen LogP contribution in [0.15, 0.2) is 53.0 Å². The first-order chi connectivity index (χ1) is 23.1. The highest BCUT2D eigenvalue weighted by Crippen LogP contribution is 2.47. The number of nitrogens with zero attached hydrogens (tertiary/aromatic N) is 3. The van der Waals surface area contributed by atoms with Crippen LogP contribution in [0.3, 0.4) is 0 Å². The van der Waals surface area contributed by atoms with Gasteiger partial charge in [0.05, 0.1) is 28.1 Å². The SMILES string of the molecule is C=S1(=O)NC(=O)c2ccc3c(c2)N(C[C@@H]2CC[C@H]2[C@@H](OCc2nnc(C)o2)/C=C/CC[C@H]1CC)C[C@@]1(CCCc2cc(Cl)ccc21)CO3. The highest BCUT2D eigenvalue weighted by molar-refractivity contribution is 7.99. The van der Waals surface area contributed by atoms with Crippen molar-refractivity contribution in [2.45, 2.75) is 88.6 Å².